The first-order chi connectivity index (χ1) is 9.21. The fourth-order valence-corrected chi connectivity index (χ4v) is 5.18. The highest BCUT2D eigenvalue weighted by Crippen LogP contribution is 2.57. The van der Waals surface area contributed by atoms with Gasteiger partial charge in [-0.2, -0.15) is 0 Å². The predicted octanol–water partition coefficient (Wildman–Crippen LogP) is 2.33. The lowest BCUT2D eigenvalue weighted by atomic mass is 9.53. The molecule has 98 valence electrons. The minimum absolute atomic E-state index is 0.318. The van der Waals surface area contributed by atoms with Crippen molar-refractivity contribution >= 4 is 19.5 Å². The molecule has 5 rings (SSSR count). The summed E-state index contributed by atoms with van der Waals surface area (Å²) < 4.78 is 0. The molecule has 4 aliphatic rings. The first kappa shape index (κ1) is 11.8. The lowest BCUT2D eigenvalue weighted by Gasteiger charge is -2.55. The fourth-order valence-electron chi connectivity index (χ4n) is 5.18. The first-order valence-electron chi connectivity index (χ1n) is 7.83. The highest BCUT2D eigenvalue weighted by Gasteiger charge is 2.50. The van der Waals surface area contributed by atoms with Crippen LogP contribution >= 0.6 is 0 Å². The van der Waals surface area contributed by atoms with Crippen LogP contribution in [0.3, 0.4) is 0 Å². The monoisotopic (exact) mass is 251 g/mol. The van der Waals surface area contributed by atoms with Gasteiger partial charge in [0.2, 0.25) is 0 Å². The highest BCUT2D eigenvalue weighted by atomic mass is 14.9. The maximum absolute atomic E-state index is 5.10. The third-order valence-electron chi connectivity index (χ3n) is 5.54. The molecule has 2 heteroatoms. The number of hydrogen-bond donors (Lipinski definition) is 0. The van der Waals surface area contributed by atoms with E-state index in [1.165, 1.54) is 49.6 Å². The van der Waals surface area contributed by atoms with Gasteiger partial charge in [-0.15, -0.1) is 0 Å². The summed E-state index contributed by atoms with van der Waals surface area (Å²) in [6, 6.07) is 8.71. The maximum atomic E-state index is 5.10. The molecule has 1 aromatic carbocycles. The van der Waals surface area contributed by atoms with Gasteiger partial charge in [0.05, 0.1) is 5.54 Å². The lowest BCUT2D eigenvalue weighted by molar-refractivity contribution is 0.00195. The minimum atomic E-state index is 0.318. The Bertz CT molecular complexity index is 484. The van der Waals surface area contributed by atoms with Gasteiger partial charge in [-0.3, -0.25) is 4.99 Å². The largest absolute Gasteiger partial charge is 0.286 e. The number of aliphatic imine (C=N–C) groups is 1. The molecule has 19 heavy (non-hydrogen) atoms. The SMILES string of the molecule is Bc1cccc(/C=N/C23CC4CC(CC(C4)C2)C3)c1. The van der Waals surface area contributed by atoms with Crippen molar-refractivity contribution in [1.29, 1.82) is 0 Å². The minimum Gasteiger partial charge on any atom is -0.286 e. The molecule has 4 saturated carbocycles. The summed E-state index contributed by atoms with van der Waals surface area (Å²) in [5.41, 5.74) is 2.92. The van der Waals surface area contributed by atoms with Crippen LogP contribution in [0.1, 0.15) is 44.1 Å². The van der Waals surface area contributed by atoms with Crippen LogP contribution in [-0.2, 0) is 0 Å². The molecule has 0 spiro atoms. The van der Waals surface area contributed by atoms with Crippen molar-refractivity contribution in [2.75, 3.05) is 0 Å². The van der Waals surface area contributed by atoms with Gasteiger partial charge in [-0.1, -0.05) is 29.7 Å². The fraction of sp³-hybridized carbons (Fsp3) is 0.588. The van der Waals surface area contributed by atoms with Crippen LogP contribution in [-0.4, -0.2) is 19.6 Å². The van der Waals surface area contributed by atoms with Crippen LogP contribution in [0.4, 0.5) is 0 Å². The Morgan fingerprint density at radius 2 is 1.68 bits per heavy atom. The molecule has 4 fully saturated rings. The van der Waals surface area contributed by atoms with Gasteiger partial charge in [0, 0.05) is 6.21 Å². The van der Waals surface area contributed by atoms with E-state index in [0.717, 1.165) is 17.8 Å². The summed E-state index contributed by atoms with van der Waals surface area (Å²) in [4.78, 5) is 5.10. The zero-order valence-electron chi connectivity index (χ0n) is 11.8. The average molecular weight is 251 g/mol. The molecule has 0 atom stereocenters. The lowest BCUT2D eigenvalue weighted by Crippen LogP contribution is -2.49. The third-order valence-corrected chi connectivity index (χ3v) is 5.54. The van der Waals surface area contributed by atoms with Gasteiger partial charge >= 0.3 is 0 Å². The van der Waals surface area contributed by atoms with E-state index >= 15 is 0 Å². The molecular weight excluding hydrogens is 229 g/mol. The molecule has 0 heterocycles. The smallest absolute Gasteiger partial charge is 0.139 e. The van der Waals surface area contributed by atoms with Crippen molar-refractivity contribution in [3.63, 3.8) is 0 Å². The summed E-state index contributed by atoms with van der Waals surface area (Å²) in [7, 11) is 2.15. The van der Waals surface area contributed by atoms with Gasteiger partial charge < -0.3 is 0 Å². The second-order valence-electron chi connectivity index (χ2n) is 7.31. The summed E-state index contributed by atoms with van der Waals surface area (Å²) in [6.45, 7) is 0. The van der Waals surface area contributed by atoms with Gasteiger partial charge in [0.1, 0.15) is 7.85 Å². The van der Waals surface area contributed by atoms with E-state index in [1.54, 1.807) is 0 Å². The summed E-state index contributed by atoms with van der Waals surface area (Å²) in [5, 5.41) is 0. The Morgan fingerprint density at radius 1 is 1.05 bits per heavy atom. The van der Waals surface area contributed by atoms with Crippen LogP contribution in [0.5, 0.6) is 0 Å². The normalized spacial score (nSPS) is 40.1. The van der Waals surface area contributed by atoms with Crippen molar-refractivity contribution in [2.24, 2.45) is 22.7 Å². The molecule has 0 unspecified atom stereocenters. The average Bonchev–Trinajstić information content (AvgIpc) is 2.35. The zero-order valence-corrected chi connectivity index (χ0v) is 11.8. The molecule has 0 aliphatic heterocycles. The van der Waals surface area contributed by atoms with E-state index in [0.29, 0.717) is 5.54 Å². The second-order valence-corrected chi connectivity index (χ2v) is 7.31. The summed E-state index contributed by atoms with van der Waals surface area (Å²) in [5.74, 6) is 2.96. The molecule has 1 aromatic rings. The molecule has 4 aliphatic carbocycles. The van der Waals surface area contributed by atoms with Crippen molar-refractivity contribution in [1.82, 2.24) is 0 Å². The summed E-state index contributed by atoms with van der Waals surface area (Å²) >= 11 is 0. The van der Waals surface area contributed by atoms with Crippen LogP contribution in [0, 0.1) is 17.8 Å². The number of rotatable bonds is 2. The quantitative estimate of drug-likeness (QED) is 0.565. The molecular formula is C17H22BN. The van der Waals surface area contributed by atoms with Crippen LogP contribution in [0.2, 0.25) is 0 Å². The van der Waals surface area contributed by atoms with E-state index in [9.17, 15) is 0 Å². The Morgan fingerprint density at radius 3 is 2.26 bits per heavy atom. The Balaban J connectivity index is 1.59. The zero-order chi connectivity index (χ0) is 12.9. The van der Waals surface area contributed by atoms with Crippen LogP contribution < -0.4 is 5.46 Å². The topological polar surface area (TPSA) is 12.4 Å². The standard InChI is InChI=1S/C17H22BN/c18-16-3-1-2-12(7-16)11-19-17-8-13-4-14(9-17)6-15(5-13)10-17/h1-3,7,11,13-15H,4-6,8-10,18H2/b19-11+. The predicted molar refractivity (Wildman–Crippen MR) is 83.1 cm³/mol. The van der Waals surface area contributed by atoms with Crippen molar-refractivity contribution in [2.45, 2.75) is 44.1 Å². The van der Waals surface area contributed by atoms with Gasteiger partial charge in [0.15, 0.2) is 0 Å². The Kier molecular flexibility index (Phi) is 2.61. The number of hydrogen-bond acceptors (Lipinski definition) is 1. The van der Waals surface area contributed by atoms with Gasteiger partial charge in [-0.05, 0) is 61.8 Å². The molecule has 4 bridgehead atoms. The molecule has 0 radical (unpaired) electrons. The van der Waals surface area contributed by atoms with E-state index in [-0.39, 0.29) is 0 Å². The molecule has 0 aromatic heterocycles. The van der Waals surface area contributed by atoms with Gasteiger partial charge in [0.25, 0.3) is 0 Å². The molecule has 0 amide bonds. The van der Waals surface area contributed by atoms with Crippen molar-refractivity contribution in [3.05, 3.63) is 29.8 Å². The molecule has 0 N–H and O–H groups in total. The van der Waals surface area contributed by atoms with E-state index in [4.69, 9.17) is 4.99 Å². The van der Waals surface area contributed by atoms with E-state index in [2.05, 4.69) is 38.3 Å². The Hall–Kier alpha value is -1.05. The first-order valence-corrected chi connectivity index (χ1v) is 7.83. The maximum Gasteiger partial charge on any atom is 0.139 e. The summed E-state index contributed by atoms with van der Waals surface area (Å²) in [6.07, 6.45) is 10.7. The molecule has 0 saturated heterocycles. The van der Waals surface area contributed by atoms with Crippen LogP contribution in [0.15, 0.2) is 29.3 Å². The van der Waals surface area contributed by atoms with Crippen molar-refractivity contribution in [3.8, 4) is 0 Å². The number of benzene rings is 1. The highest BCUT2D eigenvalue weighted by molar-refractivity contribution is 6.32. The second kappa shape index (κ2) is 4.23. The van der Waals surface area contributed by atoms with E-state index in [1.807, 2.05) is 0 Å². The van der Waals surface area contributed by atoms with Crippen molar-refractivity contribution < 1.29 is 0 Å². The number of nitrogens with zero attached hydrogens (tertiary/aromatic N) is 1. The van der Waals surface area contributed by atoms with Crippen LogP contribution in [0.25, 0.3) is 0 Å². The Labute approximate surface area is 116 Å². The third kappa shape index (κ3) is 2.15. The van der Waals surface area contributed by atoms with Gasteiger partial charge in [-0.25, -0.2) is 0 Å². The molecule has 1 nitrogen and oxygen atoms in total. The van der Waals surface area contributed by atoms with E-state index < -0.39 is 0 Å².